The second-order valence-corrected chi connectivity index (χ2v) is 7.12. The molecule has 23 heavy (non-hydrogen) atoms. The average molecular weight is 347 g/mol. The summed E-state index contributed by atoms with van der Waals surface area (Å²) in [5.41, 5.74) is 0. The number of methoxy groups -OCH3 is 1. The minimum Gasteiger partial charge on any atom is -0.465 e. The molecule has 2 aliphatic heterocycles. The Balaban J connectivity index is 1.96. The highest BCUT2D eigenvalue weighted by molar-refractivity contribution is 8.05. The number of esters is 1. The van der Waals surface area contributed by atoms with E-state index in [2.05, 4.69) is 6.58 Å². The summed E-state index contributed by atoms with van der Waals surface area (Å²) in [4.78, 5) is 26.7. The van der Waals surface area contributed by atoms with Crippen LogP contribution >= 0.6 is 11.8 Å². The summed E-state index contributed by atoms with van der Waals surface area (Å²) in [7, 11) is 1.30. The van der Waals surface area contributed by atoms with Gasteiger partial charge in [0, 0.05) is 13.0 Å². The van der Waals surface area contributed by atoms with Gasteiger partial charge in [0.05, 0.1) is 17.7 Å². The number of carbonyl (C=O) groups is 2. The van der Waals surface area contributed by atoms with Crippen LogP contribution in [0.1, 0.15) is 13.3 Å². The number of nitrogens with zero attached hydrogens (tertiary/aromatic N) is 1. The van der Waals surface area contributed by atoms with Crippen LogP contribution in [-0.4, -0.2) is 60.2 Å². The Kier molecular flexibility index (Phi) is 4.39. The molecule has 0 aromatic carbocycles. The number of rotatable bonds is 3. The van der Waals surface area contributed by atoms with Crippen LogP contribution in [0.5, 0.6) is 0 Å². The molecule has 3 fully saturated rings. The molecule has 7 unspecified atom stereocenters. The maximum Gasteiger partial charge on any atom is 0.319 e. The van der Waals surface area contributed by atoms with Crippen LogP contribution in [0.25, 0.3) is 0 Å². The third-order valence-corrected chi connectivity index (χ3v) is 6.02. The monoisotopic (exact) mass is 347 g/mol. The van der Waals surface area contributed by atoms with Gasteiger partial charge in [0.25, 0.3) is 0 Å². The van der Waals surface area contributed by atoms with Gasteiger partial charge in [0.2, 0.25) is 0 Å². The number of halogens is 2. The van der Waals surface area contributed by atoms with Crippen LogP contribution in [0.2, 0.25) is 0 Å². The first-order valence-corrected chi connectivity index (χ1v) is 8.45. The van der Waals surface area contributed by atoms with Crippen LogP contribution in [0.15, 0.2) is 11.6 Å². The van der Waals surface area contributed by atoms with Gasteiger partial charge in [-0.2, -0.15) is 0 Å². The number of ether oxygens (including phenoxy) is 2. The molecule has 5 nitrogen and oxygen atoms in total. The zero-order chi connectivity index (χ0) is 16.9. The zero-order valence-electron chi connectivity index (χ0n) is 12.9. The van der Waals surface area contributed by atoms with E-state index in [0.717, 1.165) is 0 Å². The second-order valence-electron chi connectivity index (χ2n) is 5.94. The van der Waals surface area contributed by atoms with Crippen molar-refractivity contribution < 1.29 is 27.8 Å². The molecule has 0 aromatic rings. The lowest BCUT2D eigenvalue weighted by Gasteiger charge is -2.59. The number of ketones is 1. The summed E-state index contributed by atoms with van der Waals surface area (Å²) in [6, 6.07) is -0.626. The van der Waals surface area contributed by atoms with Gasteiger partial charge < -0.3 is 14.4 Å². The lowest BCUT2D eigenvalue weighted by atomic mass is 9.71. The molecule has 1 aliphatic carbocycles. The number of carbonyl (C=O) groups excluding carboxylic acids is 2. The molecule has 7 atom stereocenters. The fraction of sp³-hybridized carbons (Fsp3) is 0.733. The van der Waals surface area contributed by atoms with Crippen molar-refractivity contribution in [3.63, 3.8) is 0 Å². The summed E-state index contributed by atoms with van der Waals surface area (Å²) in [5, 5.41) is 0.162. The first kappa shape index (κ1) is 16.7. The molecule has 0 amide bonds. The van der Waals surface area contributed by atoms with Crippen molar-refractivity contribution in [1.82, 2.24) is 4.90 Å². The molecule has 0 aromatic heterocycles. The Bertz CT molecular complexity index is 546. The van der Waals surface area contributed by atoms with Crippen molar-refractivity contribution in [2.45, 2.75) is 43.2 Å². The number of hydrogen-bond acceptors (Lipinski definition) is 6. The average Bonchev–Trinajstić information content (AvgIpc) is 2.49. The van der Waals surface area contributed by atoms with E-state index >= 15 is 0 Å². The number of Topliss-reactive ketones (excluding diaryl/α,β-unsaturated/α-hetero) is 1. The molecule has 0 N–H and O–H groups in total. The van der Waals surface area contributed by atoms with Gasteiger partial charge in [0.1, 0.15) is 23.6 Å². The molecule has 2 saturated heterocycles. The van der Waals surface area contributed by atoms with Crippen LogP contribution < -0.4 is 0 Å². The summed E-state index contributed by atoms with van der Waals surface area (Å²) in [5.74, 6) is -2.79. The molecular weight excluding hydrogens is 328 g/mol. The maximum absolute atomic E-state index is 14.2. The molecule has 0 radical (unpaired) electrons. The zero-order valence-corrected chi connectivity index (χ0v) is 13.7. The number of thioether (sulfide) groups is 1. The lowest BCUT2D eigenvalue weighted by molar-refractivity contribution is -0.169. The van der Waals surface area contributed by atoms with Gasteiger partial charge in [-0.15, -0.1) is 0 Å². The topological polar surface area (TPSA) is 55.8 Å². The first-order chi connectivity index (χ1) is 10.9. The largest absolute Gasteiger partial charge is 0.465 e. The van der Waals surface area contributed by atoms with Crippen LogP contribution in [-0.2, 0) is 19.1 Å². The Hall–Kier alpha value is -1.15. The number of fused-ring (bicyclic) bond motifs is 3. The minimum atomic E-state index is -1.80. The quantitative estimate of drug-likeness (QED) is 0.572. The van der Waals surface area contributed by atoms with E-state index in [0.29, 0.717) is 5.03 Å². The SMILES string of the molecule is C=C1SC2C(C(=O)OCC)C(=O)C3CC(F)C(F)C(OC)C3N12. The number of piperidine rings is 1. The van der Waals surface area contributed by atoms with Crippen molar-refractivity contribution in [2.75, 3.05) is 13.7 Å². The number of alkyl halides is 2. The summed E-state index contributed by atoms with van der Waals surface area (Å²) >= 11 is 1.29. The highest BCUT2D eigenvalue weighted by Gasteiger charge is 2.63. The van der Waals surface area contributed by atoms with Gasteiger partial charge in [0.15, 0.2) is 12.0 Å². The van der Waals surface area contributed by atoms with Crippen LogP contribution in [0.3, 0.4) is 0 Å². The Morgan fingerprint density at radius 3 is 2.74 bits per heavy atom. The van der Waals surface area contributed by atoms with Gasteiger partial charge in [-0.3, -0.25) is 9.59 Å². The second kappa shape index (κ2) is 6.05. The van der Waals surface area contributed by atoms with Crippen molar-refractivity contribution in [3.05, 3.63) is 11.6 Å². The fourth-order valence-electron chi connectivity index (χ4n) is 3.79. The van der Waals surface area contributed by atoms with Crippen molar-refractivity contribution in [3.8, 4) is 0 Å². The molecule has 0 bridgehead atoms. The normalized spacial score (nSPS) is 42.6. The third-order valence-electron chi connectivity index (χ3n) is 4.80. The van der Waals surface area contributed by atoms with Gasteiger partial charge in [-0.05, 0) is 13.3 Å². The van der Waals surface area contributed by atoms with Crippen molar-refractivity contribution >= 4 is 23.5 Å². The summed E-state index contributed by atoms with van der Waals surface area (Å²) in [6.07, 6.45) is -4.89. The maximum atomic E-state index is 14.2. The molecule has 2 heterocycles. The van der Waals surface area contributed by atoms with Gasteiger partial charge in [-0.1, -0.05) is 18.3 Å². The fourth-order valence-corrected chi connectivity index (χ4v) is 5.03. The Labute approximate surface area is 137 Å². The predicted molar refractivity (Wildman–Crippen MR) is 80.0 cm³/mol. The van der Waals surface area contributed by atoms with E-state index in [-0.39, 0.29) is 18.8 Å². The predicted octanol–water partition coefficient (Wildman–Crippen LogP) is 1.67. The van der Waals surface area contributed by atoms with Gasteiger partial charge >= 0.3 is 5.97 Å². The summed E-state index contributed by atoms with van der Waals surface area (Å²) < 4.78 is 38.4. The molecule has 3 aliphatic rings. The summed E-state index contributed by atoms with van der Waals surface area (Å²) in [6.45, 7) is 5.69. The smallest absolute Gasteiger partial charge is 0.319 e. The minimum absolute atomic E-state index is 0.161. The van der Waals surface area contributed by atoms with Crippen molar-refractivity contribution in [1.29, 1.82) is 0 Å². The van der Waals surface area contributed by atoms with Crippen molar-refractivity contribution in [2.24, 2.45) is 11.8 Å². The van der Waals surface area contributed by atoms with E-state index in [1.54, 1.807) is 11.8 Å². The van der Waals surface area contributed by atoms with E-state index in [4.69, 9.17) is 9.47 Å². The highest BCUT2D eigenvalue weighted by Crippen LogP contribution is 2.54. The van der Waals surface area contributed by atoms with Crippen LogP contribution in [0, 0.1) is 11.8 Å². The Morgan fingerprint density at radius 1 is 1.48 bits per heavy atom. The van der Waals surface area contributed by atoms with E-state index < -0.39 is 47.7 Å². The van der Waals surface area contributed by atoms with E-state index in [1.807, 2.05) is 0 Å². The van der Waals surface area contributed by atoms with Crippen LogP contribution in [0.4, 0.5) is 8.78 Å². The van der Waals surface area contributed by atoms with E-state index in [1.165, 1.54) is 18.9 Å². The van der Waals surface area contributed by atoms with Gasteiger partial charge in [-0.25, -0.2) is 8.78 Å². The highest BCUT2D eigenvalue weighted by atomic mass is 32.2. The molecular formula is C15H19F2NO4S. The molecule has 1 saturated carbocycles. The Morgan fingerprint density at radius 2 is 2.17 bits per heavy atom. The third kappa shape index (κ3) is 2.38. The lowest BCUT2D eigenvalue weighted by Crippen LogP contribution is -2.71. The first-order valence-electron chi connectivity index (χ1n) is 7.57. The number of hydrogen-bond donors (Lipinski definition) is 0. The van der Waals surface area contributed by atoms with E-state index in [9.17, 15) is 18.4 Å². The molecule has 3 rings (SSSR count). The molecule has 0 spiro atoms. The standard InChI is InChI=1S/C15H19F2NO4S/c1-4-22-15(20)9-12(19)7-5-8(16)10(17)13(21-3)11(7)18-6(2)23-14(9)18/h7-11,13-14H,2,4-5H2,1,3H3. The molecule has 8 heteroatoms. The molecule has 128 valence electrons.